The first-order valence-electron chi connectivity index (χ1n) is 13.6. The maximum absolute atomic E-state index is 11.8. The van der Waals surface area contributed by atoms with Crippen LogP contribution in [0.25, 0.3) is 0 Å². The molecule has 0 aliphatic carbocycles. The number of nitrogens with one attached hydrogen (secondary N) is 2. The third kappa shape index (κ3) is 18.0. The highest BCUT2D eigenvalue weighted by atomic mass is 16.2. The number of amides is 2. The largest absolute Gasteiger partial charge is 0.338 e. The van der Waals surface area contributed by atoms with Gasteiger partial charge in [0.15, 0.2) is 0 Å². The monoisotopic (exact) mass is 423 g/mol. The lowest BCUT2D eigenvalue weighted by atomic mass is 10.0. The Kier molecular flexibility index (Phi) is 19.5. The fourth-order valence-electron chi connectivity index (χ4n) is 4.45. The van der Waals surface area contributed by atoms with Crippen molar-refractivity contribution in [3.63, 3.8) is 0 Å². The van der Waals surface area contributed by atoms with E-state index in [0.717, 1.165) is 32.5 Å². The Bertz CT molecular complexity index is 369. The van der Waals surface area contributed by atoms with E-state index in [9.17, 15) is 4.79 Å². The van der Waals surface area contributed by atoms with Crippen LogP contribution in [-0.2, 0) is 0 Å². The maximum atomic E-state index is 11.8. The number of hydrogen-bond donors (Lipinski definition) is 2. The van der Waals surface area contributed by atoms with Gasteiger partial charge in [-0.25, -0.2) is 4.79 Å². The highest BCUT2D eigenvalue weighted by Gasteiger charge is 2.10. The number of nitrogens with zero attached hydrogens (tertiary/aromatic N) is 1. The van der Waals surface area contributed by atoms with Crippen molar-refractivity contribution in [2.24, 2.45) is 0 Å². The molecule has 30 heavy (non-hydrogen) atoms. The van der Waals surface area contributed by atoms with Gasteiger partial charge in [0.1, 0.15) is 0 Å². The highest BCUT2D eigenvalue weighted by Crippen LogP contribution is 2.13. The summed E-state index contributed by atoms with van der Waals surface area (Å²) in [6.45, 7) is 7.50. The maximum Gasteiger partial charge on any atom is 0.314 e. The molecule has 1 aliphatic rings. The molecule has 1 saturated heterocycles. The second-order valence-electron chi connectivity index (χ2n) is 9.39. The van der Waals surface area contributed by atoms with Crippen LogP contribution in [0.2, 0.25) is 0 Å². The van der Waals surface area contributed by atoms with Gasteiger partial charge in [-0.1, -0.05) is 103 Å². The SMILES string of the molecule is CCCCCCCCCCCCCCCCCCNC(=O)NCCCN1CCCC1. The first-order chi connectivity index (χ1) is 14.8. The van der Waals surface area contributed by atoms with Crippen LogP contribution >= 0.6 is 0 Å². The fourth-order valence-corrected chi connectivity index (χ4v) is 4.45. The molecule has 2 amide bonds. The summed E-state index contributed by atoms with van der Waals surface area (Å²) >= 11 is 0. The van der Waals surface area contributed by atoms with E-state index in [1.165, 1.54) is 122 Å². The Labute approximate surface area is 188 Å². The summed E-state index contributed by atoms with van der Waals surface area (Å²) in [6, 6.07) is 0.0115. The normalized spacial score (nSPS) is 14.3. The Hall–Kier alpha value is -0.770. The molecule has 4 nitrogen and oxygen atoms in total. The van der Waals surface area contributed by atoms with E-state index in [2.05, 4.69) is 22.5 Å². The van der Waals surface area contributed by atoms with Gasteiger partial charge in [-0.15, -0.1) is 0 Å². The number of rotatable bonds is 21. The lowest BCUT2D eigenvalue weighted by Crippen LogP contribution is -2.37. The molecule has 0 aromatic heterocycles. The summed E-state index contributed by atoms with van der Waals surface area (Å²) in [7, 11) is 0. The number of likely N-dealkylation sites (tertiary alicyclic amines) is 1. The Morgan fingerprint density at radius 3 is 1.47 bits per heavy atom. The van der Waals surface area contributed by atoms with Crippen LogP contribution in [0.3, 0.4) is 0 Å². The van der Waals surface area contributed by atoms with E-state index < -0.39 is 0 Å². The standard InChI is InChI=1S/C26H53N3O/c1-2-3-4-5-6-7-8-9-10-11-12-13-14-15-16-17-21-27-26(30)28-22-20-25-29-23-18-19-24-29/h2-25H2,1H3,(H2,27,28,30). The molecular formula is C26H53N3O. The number of urea groups is 1. The van der Waals surface area contributed by atoms with E-state index in [-0.39, 0.29) is 6.03 Å². The van der Waals surface area contributed by atoms with Crippen LogP contribution in [0.15, 0.2) is 0 Å². The van der Waals surface area contributed by atoms with Crippen molar-refractivity contribution in [1.29, 1.82) is 0 Å². The number of hydrogen-bond acceptors (Lipinski definition) is 2. The zero-order valence-electron chi connectivity index (χ0n) is 20.3. The molecule has 0 unspecified atom stereocenters. The smallest absolute Gasteiger partial charge is 0.314 e. The summed E-state index contributed by atoms with van der Waals surface area (Å²) in [5.41, 5.74) is 0. The molecule has 0 saturated carbocycles. The molecule has 0 aromatic rings. The summed E-state index contributed by atoms with van der Waals surface area (Å²) in [5, 5.41) is 5.98. The van der Waals surface area contributed by atoms with Gasteiger partial charge in [-0.2, -0.15) is 0 Å². The molecule has 0 atom stereocenters. The summed E-state index contributed by atoms with van der Waals surface area (Å²) in [6.07, 6.45) is 25.9. The van der Waals surface area contributed by atoms with Crippen molar-refractivity contribution >= 4 is 6.03 Å². The first kappa shape index (κ1) is 27.3. The lowest BCUT2D eigenvalue weighted by Gasteiger charge is -2.14. The van der Waals surface area contributed by atoms with Gasteiger partial charge < -0.3 is 15.5 Å². The van der Waals surface area contributed by atoms with Crippen molar-refractivity contribution < 1.29 is 4.79 Å². The Morgan fingerprint density at radius 1 is 0.600 bits per heavy atom. The summed E-state index contributed by atoms with van der Waals surface area (Å²) in [4.78, 5) is 14.3. The summed E-state index contributed by atoms with van der Waals surface area (Å²) < 4.78 is 0. The van der Waals surface area contributed by atoms with Gasteiger partial charge in [0.2, 0.25) is 0 Å². The quantitative estimate of drug-likeness (QED) is 0.195. The van der Waals surface area contributed by atoms with E-state index in [4.69, 9.17) is 0 Å². The zero-order valence-corrected chi connectivity index (χ0v) is 20.3. The molecule has 1 aliphatic heterocycles. The second kappa shape index (κ2) is 21.5. The minimum atomic E-state index is 0.0115. The lowest BCUT2D eigenvalue weighted by molar-refractivity contribution is 0.239. The van der Waals surface area contributed by atoms with Crippen LogP contribution in [0.1, 0.15) is 129 Å². The van der Waals surface area contributed by atoms with Crippen molar-refractivity contribution in [2.45, 2.75) is 129 Å². The van der Waals surface area contributed by atoms with E-state index in [0.29, 0.717) is 0 Å². The van der Waals surface area contributed by atoms with Gasteiger partial charge >= 0.3 is 6.03 Å². The third-order valence-electron chi connectivity index (χ3n) is 6.45. The molecule has 0 bridgehead atoms. The fraction of sp³-hybridized carbons (Fsp3) is 0.962. The second-order valence-corrected chi connectivity index (χ2v) is 9.39. The molecule has 0 aromatic carbocycles. The van der Waals surface area contributed by atoms with Crippen molar-refractivity contribution in [2.75, 3.05) is 32.7 Å². The number of carbonyl (C=O) groups is 1. The van der Waals surface area contributed by atoms with Crippen LogP contribution in [0.5, 0.6) is 0 Å². The van der Waals surface area contributed by atoms with Crippen LogP contribution in [-0.4, -0.2) is 43.7 Å². The van der Waals surface area contributed by atoms with E-state index >= 15 is 0 Å². The Morgan fingerprint density at radius 2 is 1.00 bits per heavy atom. The molecule has 1 fully saturated rings. The van der Waals surface area contributed by atoms with Crippen molar-refractivity contribution in [3.05, 3.63) is 0 Å². The molecule has 1 rings (SSSR count). The molecule has 2 N–H and O–H groups in total. The van der Waals surface area contributed by atoms with E-state index in [1.54, 1.807) is 0 Å². The van der Waals surface area contributed by atoms with Crippen LogP contribution in [0.4, 0.5) is 4.79 Å². The average Bonchev–Trinajstić information content (AvgIpc) is 3.27. The molecule has 178 valence electrons. The van der Waals surface area contributed by atoms with Crippen molar-refractivity contribution in [3.8, 4) is 0 Å². The van der Waals surface area contributed by atoms with Gasteiger partial charge in [0, 0.05) is 13.1 Å². The average molecular weight is 424 g/mol. The predicted octanol–water partition coefficient (Wildman–Crippen LogP) is 7.03. The van der Waals surface area contributed by atoms with Gasteiger partial charge in [-0.3, -0.25) is 0 Å². The van der Waals surface area contributed by atoms with E-state index in [1.807, 2.05) is 0 Å². The minimum absolute atomic E-state index is 0.0115. The molecule has 4 heteroatoms. The highest BCUT2D eigenvalue weighted by molar-refractivity contribution is 5.73. The topological polar surface area (TPSA) is 44.4 Å². The Balaban J connectivity index is 1.68. The third-order valence-corrected chi connectivity index (χ3v) is 6.45. The van der Waals surface area contributed by atoms with Gasteiger partial charge in [0.25, 0.3) is 0 Å². The molecule has 0 spiro atoms. The van der Waals surface area contributed by atoms with Crippen molar-refractivity contribution in [1.82, 2.24) is 15.5 Å². The minimum Gasteiger partial charge on any atom is -0.338 e. The molecule has 1 heterocycles. The van der Waals surface area contributed by atoms with Gasteiger partial charge in [0.05, 0.1) is 0 Å². The zero-order chi connectivity index (χ0) is 21.5. The van der Waals surface area contributed by atoms with Gasteiger partial charge in [-0.05, 0) is 45.3 Å². The number of carbonyl (C=O) groups excluding carboxylic acids is 1. The predicted molar refractivity (Wildman–Crippen MR) is 131 cm³/mol. The molecule has 0 radical (unpaired) electrons. The molecular weight excluding hydrogens is 370 g/mol. The first-order valence-corrected chi connectivity index (χ1v) is 13.6. The number of unbranched alkanes of at least 4 members (excludes halogenated alkanes) is 15. The van der Waals surface area contributed by atoms with Crippen LogP contribution < -0.4 is 10.6 Å². The summed E-state index contributed by atoms with van der Waals surface area (Å²) in [5.74, 6) is 0. The van der Waals surface area contributed by atoms with Crippen LogP contribution in [0, 0.1) is 0 Å².